The lowest BCUT2D eigenvalue weighted by Gasteiger charge is -2.27. The topological polar surface area (TPSA) is 40.5 Å². The van der Waals surface area contributed by atoms with Gasteiger partial charge in [0.15, 0.2) is 0 Å². The van der Waals surface area contributed by atoms with Gasteiger partial charge < -0.3 is 10.0 Å². The zero-order valence-corrected chi connectivity index (χ0v) is 8.05. The molecule has 1 heterocycles. The smallest absolute Gasteiger partial charge is 0.307 e. The van der Waals surface area contributed by atoms with Crippen LogP contribution in [0.4, 0.5) is 0 Å². The average molecular weight is 191 g/mol. The normalized spacial score (nSPS) is 28.9. The van der Waals surface area contributed by atoms with Crippen LogP contribution < -0.4 is 0 Å². The molecule has 0 saturated heterocycles. The van der Waals surface area contributed by atoms with Crippen LogP contribution in [0.2, 0.25) is 0 Å². The van der Waals surface area contributed by atoms with Crippen molar-refractivity contribution in [2.75, 3.05) is 7.05 Å². The number of fused-ring (bicyclic) bond motifs is 1. The van der Waals surface area contributed by atoms with E-state index >= 15 is 0 Å². The largest absolute Gasteiger partial charge is 0.481 e. The van der Waals surface area contributed by atoms with Crippen molar-refractivity contribution in [2.24, 2.45) is 5.92 Å². The van der Waals surface area contributed by atoms with Crippen molar-refractivity contribution in [1.82, 2.24) is 4.90 Å². The van der Waals surface area contributed by atoms with Crippen molar-refractivity contribution in [3.05, 3.63) is 36.1 Å². The summed E-state index contributed by atoms with van der Waals surface area (Å²) in [6.45, 7) is 0. The number of hydrogen-bond acceptors (Lipinski definition) is 2. The van der Waals surface area contributed by atoms with Crippen molar-refractivity contribution in [2.45, 2.75) is 12.5 Å². The zero-order valence-electron chi connectivity index (χ0n) is 8.05. The molecule has 0 saturated carbocycles. The highest BCUT2D eigenvalue weighted by molar-refractivity contribution is 5.70. The Morgan fingerprint density at radius 3 is 3.07 bits per heavy atom. The molecular formula is C11H13NO2. The molecule has 14 heavy (non-hydrogen) atoms. The Morgan fingerprint density at radius 2 is 2.36 bits per heavy atom. The van der Waals surface area contributed by atoms with Gasteiger partial charge in [-0.15, -0.1) is 0 Å². The van der Waals surface area contributed by atoms with Gasteiger partial charge in [-0.25, -0.2) is 0 Å². The summed E-state index contributed by atoms with van der Waals surface area (Å²) in [5, 5.41) is 8.75. The second kappa shape index (κ2) is 3.33. The van der Waals surface area contributed by atoms with E-state index in [1.165, 1.54) is 0 Å². The predicted molar refractivity (Wildman–Crippen MR) is 53.7 cm³/mol. The summed E-state index contributed by atoms with van der Waals surface area (Å²) in [6.07, 6.45) is 10.2. The molecule has 3 heteroatoms. The molecule has 0 fully saturated rings. The van der Waals surface area contributed by atoms with E-state index in [1.807, 2.05) is 25.4 Å². The minimum absolute atomic E-state index is 0.143. The van der Waals surface area contributed by atoms with Gasteiger partial charge in [0.05, 0.1) is 12.5 Å². The van der Waals surface area contributed by atoms with E-state index in [2.05, 4.69) is 17.1 Å². The molecule has 0 amide bonds. The minimum atomic E-state index is -0.756. The Bertz CT molecular complexity index is 341. The van der Waals surface area contributed by atoms with Crippen LogP contribution in [-0.2, 0) is 4.79 Å². The number of likely N-dealkylation sites (N-methyl/N-ethyl adjacent to an activating group) is 1. The first kappa shape index (κ1) is 9.06. The summed E-state index contributed by atoms with van der Waals surface area (Å²) in [4.78, 5) is 12.7. The van der Waals surface area contributed by atoms with Gasteiger partial charge in [-0.2, -0.15) is 0 Å². The van der Waals surface area contributed by atoms with Gasteiger partial charge in [0.25, 0.3) is 0 Å². The van der Waals surface area contributed by atoms with Crippen LogP contribution in [0.3, 0.4) is 0 Å². The third kappa shape index (κ3) is 1.45. The van der Waals surface area contributed by atoms with Gasteiger partial charge in [0.1, 0.15) is 0 Å². The molecule has 2 aliphatic rings. The van der Waals surface area contributed by atoms with E-state index in [9.17, 15) is 4.79 Å². The van der Waals surface area contributed by atoms with Crippen LogP contribution in [0, 0.1) is 5.92 Å². The SMILES string of the molecule is CN1C=CC2C(CC(=O)O)=CC=CC21. The predicted octanol–water partition coefficient (Wildman–Crippen LogP) is 1.40. The van der Waals surface area contributed by atoms with E-state index in [0.717, 1.165) is 5.57 Å². The Morgan fingerprint density at radius 1 is 1.57 bits per heavy atom. The molecule has 0 aromatic rings. The standard InChI is InChI=1S/C11H13NO2/c1-12-6-5-9-8(7-11(13)14)3-2-4-10(9)12/h2-6,9-10H,7H2,1H3,(H,13,14). The molecular weight excluding hydrogens is 178 g/mol. The molecule has 1 aliphatic carbocycles. The summed E-state index contributed by atoms with van der Waals surface area (Å²) < 4.78 is 0. The maximum Gasteiger partial charge on any atom is 0.307 e. The second-order valence-electron chi connectivity index (χ2n) is 3.72. The number of carboxylic acids is 1. The van der Waals surface area contributed by atoms with Crippen molar-refractivity contribution < 1.29 is 9.90 Å². The molecule has 74 valence electrons. The van der Waals surface area contributed by atoms with Crippen molar-refractivity contribution in [3.8, 4) is 0 Å². The van der Waals surface area contributed by atoms with Gasteiger partial charge in [-0.05, 0) is 11.8 Å². The van der Waals surface area contributed by atoms with Gasteiger partial charge in [-0.1, -0.05) is 24.3 Å². The molecule has 2 unspecified atom stereocenters. The third-order valence-corrected chi connectivity index (χ3v) is 2.77. The molecule has 0 aromatic carbocycles. The Kier molecular flexibility index (Phi) is 2.15. The third-order valence-electron chi connectivity index (χ3n) is 2.77. The fraction of sp³-hybridized carbons (Fsp3) is 0.364. The lowest BCUT2D eigenvalue weighted by molar-refractivity contribution is -0.136. The summed E-state index contributed by atoms with van der Waals surface area (Å²) in [5.41, 5.74) is 0.991. The number of hydrogen-bond donors (Lipinski definition) is 1. The lowest BCUT2D eigenvalue weighted by Crippen LogP contribution is -2.29. The van der Waals surface area contributed by atoms with Crippen molar-refractivity contribution >= 4 is 5.97 Å². The van der Waals surface area contributed by atoms with Crippen LogP contribution in [0.5, 0.6) is 0 Å². The van der Waals surface area contributed by atoms with Crippen molar-refractivity contribution in [1.29, 1.82) is 0 Å². The maximum absolute atomic E-state index is 10.6. The summed E-state index contributed by atoms with van der Waals surface area (Å²) >= 11 is 0. The van der Waals surface area contributed by atoms with E-state index in [0.29, 0.717) is 6.04 Å². The molecule has 0 aromatic heterocycles. The van der Waals surface area contributed by atoms with E-state index in [-0.39, 0.29) is 12.3 Å². The minimum Gasteiger partial charge on any atom is -0.481 e. The first-order chi connectivity index (χ1) is 6.68. The Labute approximate surface area is 83.0 Å². The van der Waals surface area contributed by atoms with Gasteiger partial charge >= 0.3 is 5.97 Å². The molecule has 0 bridgehead atoms. The fourth-order valence-electron chi connectivity index (χ4n) is 2.05. The van der Waals surface area contributed by atoms with E-state index < -0.39 is 5.97 Å². The molecule has 2 rings (SSSR count). The molecule has 1 N–H and O–H groups in total. The number of carboxylic acid groups (broad SMARTS) is 1. The first-order valence-electron chi connectivity index (χ1n) is 4.68. The number of rotatable bonds is 2. The van der Waals surface area contributed by atoms with Crippen molar-refractivity contribution in [3.63, 3.8) is 0 Å². The average Bonchev–Trinajstić information content (AvgIpc) is 2.49. The first-order valence-corrected chi connectivity index (χ1v) is 4.68. The van der Waals surface area contributed by atoms with Gasteiger partial charge in [0, 0.05) is 13.0 Å². The van der Waals surface area contributed by atoms with Gasteiger partial charge in [0.2, 0.25) is 0 Å². The Balaban J connectivity index is 2.19. The van der Waals surface area contributed by atoms with Crippen LogP contribution >= 0.6 is 0 Å². The van der Waals surface area contributed by atoms with Crippen LogP contribution in [0.1, 0.15) is 6.42 Å². The summed E-state index contributed by atoms with van der Waals surface area (Å²) in [6, 6.07) is 0.314. The summed E-state index contributed by atoms with van der Waals surface area (Å²) in [5.74, 6) is -0.505. The second-order valence-corrected chi connectivity index (χ2v) is 3.72. The monoisotopic (exact) mass is 191 g/mol. The Hall–Kier alpha value is -1.51. The molecule has 2 atom stereocenters. The van der Waals surface area contributed by atoms with E-state index in [4.69, 9.17) is 5.11 Å². The highest BCUT2D eigenvalue weighted by Crippen LogP contribution is 2.32. The van der Waals surface area contributed by atoms with Crippen LogP contribution in [-0.4, -0.2) is 29.1 Å². The zero-order chi connectivity index (χ0) is 10.1. The highest BCUT2D eigenvalue weighted by Gasteiger charge is 2.29. The number of allylic oxidation sites excluding steroid dienone is 2. The van der Waals surface area contributed by atoms with E-state index in [1.54, 1.807) is 0 Å². The van der Waals surface area contributed by atoms with Gasteiger partial charge in [-0.3, -0.25) is 4.79 Å². The number of aliphatic carboxylic acids is 1. The molecule has 3 nitrogen and oxygen atoms in total. The highest BCUT2D eigenvalue weighted by atomic mass is 16.4. The molecule has 1 aliphatic heterocycles. The lowest BCUT2D eigenvalue weighted by atomic mass is 9.87. The summed E-state index contributed by atoms with van der Waals surface area (Å²) in [7, 11) is 2.01. The maximum atomic E-state index is 10.6. The number of nitrogens with zero attached hydrogens (tertiary/aromatic N) is 1. The fourth-order valence-corrected chi connectivity index (χ4v) is 2.05. The molecule has 0 spiro atoms. The number of carbonyl (C=O) groups is 1. The van der Waals surface area contributed by atoms with Crippen LogP contribution in [0.25, 0.3) is 0 Å². The quantitative estimate of drug-likeness (QED) is 0.717. The molecule has 0 radical (unpaired) electrons. The van der Waals surface area contributed by atoms with Crippen LogP contribution in [0.15, 0.2) is 36.1 Å².